The molecule has 1 unspecified atom stereocenters. The van der Waals surface area contributed by atoms with Gasteiger partial charge in [-0.3, -0.25) is 14.3 Å². The maximum atomic E-state index is 14.2. The zero-order valence-electron chi connectivity index (χ0n) is 20.3. The Bertz CT molecular complexity index is 1290. The number of carbonyl (C=O) groups excluding carboxylic acids is 2. The van der Waals surface area contributed by atoms with Crippen molar-refractivity contribution in [3.05, 3.63) is 46.3 Å². The second-order valence-corrected chi connectivity index (χ2v) is 8.77. The van der Waals surface area contributed by atoms with E-state index >= 15 is 0 Å². The number of hydrogen-bond donors (Lipinski definition) is 2. The monoisotopic (exact) mass is 573 g/mol. The van der Waals surface area contributed by atoms with Crippen molar-refractivity contribution in [3.8, 4) is 0 Å². The normalized spacial score (nSPS) is 18.0. The zero-order valence-corrected chi connectivity index (χ0v) is 20.3. The number of aromatic nitrogens is 2. The summed E-state index contributed by atoms with van der Waals surface area (Å²) < 4.78 is 119. The predicted octanol–water partition coefficient (Wildman–Crippen LogP) is 4.65. The van der Waals surface area contributed by atoms with Crippen LogP contribution in [0.2, 0.25) is 0 Å². The van der Waals surface area contributed by atoms with Gasteiger partial charge in [0, 0.05) is 18.3 Å². The van der Waals surface area contributed by atoms with Gasteiger partial charge in [0.15, 0.2) is 5.69 Å². The van der Waals surface area contributed by atoms with Crippen molar-refractivity contribution in [2.45, 2.75) is 50.8 Å². The first-order valence-electron chi connectivity index (χ1n) is 10.9. The quantitative estimate of drug-likeness (QED) is 0.389. The summed E-state index contributed by atoms with van der Waals surface area (Å²) in [6, 6.07) is 2.89. The number of oxime groups is 1. The Balaban J connectivity index is 1.83. The van der Waals surface area contributed by atoms with Gasteiger partial charge in [-0.15, -0.1) is 0 Å². The molecule has 214 valence electrons. The summed E-state index contributed by atoms with van der Waals surface area (Å²) >= 11 is 0. The number of anilines is 1. The molecular formula is C22H20F9N5O3. The van der Waals surface area contributed by atoms with Crippen molar-refractivity contribution in [1.29, 1.82) is 0 Å². The molecule has 0 fully saturated rings. The number of carbonyl (C=O) groups is 2. The second-order valence-electron chi connectivity index (χ2n) is 8.77. The standard InChI is InChI=1S/C22H20F9N5O3/c1-10-4-12(5-11(2)18(10)33-17(38)7-16(37)32-9-20(23,24)25)13-8-19(39-35-13,22(29,30)31)15-6-14(21(26,27)28)34-36(15)3/h4-6H,7-9H2,1-3H3,(H,32,37)(H,33,38). The lowest BCUT2D eigenvalue weighted by Crippen LogP contribution is -2.44. The summed E-state index contributed by atoms with van der Waals surface area (Å²) in [6.07, 6.45) is -16.8. The van der Waals surface area contributed by atoms with Crippen LogP contribution in [-0.4, -0.2) is 46.2 Å². The summed E-state index contributed by atoms with van der Waals surface area (Å²) in [6.45, 7) is 1.30. The van der Waals surface area contributed by atoms with Crippen molar-refractivity contribution in [1.82, 2.24) is 15.1 Å². The molecule has 0 aliphatic carbocycles. The van der Waals surface area contributed by atoms with Crippen LogP contribution in [-0.2, 0) is 33.3 Å². The highest BCUT2D eigenvalue weighted by Crippen LogP contribution is 2.49. The molecule has 17 heteroatoms. The van der Waals surface area contributed by atoms with Crippen molar-refractivity contribution in [2.75, 3.05) is 11.9 Å². The predicted molar refractivity (Wildman–Crippen MR) is 116 cm³/mol. The van der Waals surface area contributed by atoms with Crippen molar-refractivity contribution in [2.24, 2.45) is 12.2 Å². The van der Waals surface area contributed by atoms with Gasteiger partial charge in [-0.05, 0) is 43.2 Å². The van der Waals surface area contributed by atoms with Crippen LogP contribution in [0.4, 0.5) is 45.2 Å². The fourth-order valence-corrected chi connectivity index (χ4v) is 3.92. The first-order chi connectivity index (χ1) is 17.7. The minimum Gasteiger partial charge on any atom is -0.372 e. The van der Waals surface area contributed by atoms with E-state index in [4.69, 9.17) is 4.84 Å². The van der Waals surface area contributed by atoms with Crippen LogP contribution in [0, 0.1) is 13.8 Å². The van der Waals surface area contributed by atoms with Gasteiger partial charge in [-0.25, -0.2) is 0 Å². The lowest BCUT2D eigenvalue weighted by molar-refractivity contribution is -0.278. The summed E-state index contributed by atoms with van der Waals surface area (Å²) in [7, 11) is 0.911. The van der Waals surface area contributed by atoms with Gasteiger partial charge < -0.3 is 15.5 Å². The van der Waals surface area contributed by atoms with E-state index in [2.05, 4.69) is 15.6 Å². The molecule has 1 aromatic heterocycles. The lowest BCUT2D eigenvalue weighted by atomic mass is 9.89. The molecule has 0 radical (unpaired) electrons. The number of nitrogens with one attached hydrogen (secondary N) is 2. The highest BCUT2D eigenvalue weighted by atomic mass is 19.4. The molecule has 3 rings (SSSR count). The lowest BCUT2D eigenvalue weighted by Gasteiger charge is -2.28. The fraction of sp³-hybridized carbons (Fsp3) is 0.455. The summed E-state index contributed by atoms with van der Waals surface area (Å²) in [5.74, 6) is -2.12. The number of amides is 2. The Hall–Kier alpha value is -3.79. The Morgan fingerprint density at radius 2 is 1.59 bits per heavy atom. The second kappa shape index (κ2) is 10.1. The Morgan fingerprint density at radius 1 is 1.00 bits per heavy atom. The van der Waals surface area contributed by atoms with Crippen molar-refractivity contribution >= 4 is 23.2 Å². The maximum Gasteiger partial charge on any atom is 0.437 e. The highest BCUT2D eigenvalue weighted by Gasteiger charge is 2.64. The van der Waals surface area contributed by atoms with E-state index in [0.717, 1.165) is 7.05 Å². The number of hydrogen-bond acceptors (Lipinski definition) is 5. The summed E-state index contributed by atoms with van der Waals surface area (Å²) in [4.78, 5) is 28.5. The Labute approximate surface area is 214 Å². The van der Waals surface area contributed by atoms with E-state index in [9.17, 15) is 49.1 Å². The third-order valence-electron chi connectivity index (χ3n) is 5.71. The highest BCUT2D eigenvalue weighted by molar-refractivity contribution is 6.06. The third kappa shape index (κ3) is 6.44. The Kier molecular flexibility index (Phi) is 7.68. The minimum absolute atomic E-state index is 0.107. The summed E-state index contributed by atoms with van der Waals surface area (Å²) in [5.41, 5.74) is -5.13. The molecule has 1 aliphatic rings. The molecule has 1 aromatic carbocycles. The number of nitrogens with zero attached hydrogens (tertiary/aromatic N) is 3. The van der Waals surface area contributed by atoms with E-state index in [1.165, 1.54) is 26.0 Å². The number of halogens is 9. The SMILES string of the molecule is Cc1cc(C2=NOC(c3cc(C(F)(F)F)nn3C)(C(F)(F)F)C2)cc(C)c1NC(=O)CC(=O)NCC(F)(F)F. The minimum atomic E-state index is -5.19. The molecule has 39 heavy (non-hydrogen) atoms. The number of aryl methyl sites for hydroxylation is 3. The first kappa shape index (κ1) is 29.8. The topological polar surface area (TPSA) is 97.6 Å². The van der Waals surface area contributed by atoms with E-state index in [-0.39, 0.29) is 23.0 Å². The molecule has 2 N–H and O–H groups in total. The van der Waals surface area contributed by atoms with Gasteiger partial charge in [-0.1, -0.05) is 5.16 Å². The molecule has 0 spiro atoms. The maximum absolute atomic E-state index is 14.2. The molecule has 0 saturated carbocycles. The van der Waals surface area contributed by atoms with E-state index in [1.807, 2.05) is 0 Å². The molecule has 1 atom stereocenters. The molecule has 0 bridgehead atoms. The van der Waals surface area contributed by atoms with Crippen LogP contribution in [0.5, 0.6) is 0 Å². The third-order valence-corrected chi connectivity index (χ3v) is 5.71. The van der Waals surface area contributed by atoms with Gasteiger partial charge in [-0.2, -0.15) is 44.6 Å². The molecular weight excluding hydrogens is 553 g/mol. The van der Waals surface area contributed by atoms with Gasteiger partial charge in [0.2, 0.25) is 11.8 Å². The van der Waals surface area contributed by atoms with Crippen LogP contribution in [0.15, 0.2) is 23.4 Å². The molecule has 2 aromatic rings. The molecule has 1 aliphatic heterocycles. The van der Waals surface area contributed by atoms with Crippen LogP contribution in [0.25, 0.3) is 0 Å². The number of rotatable bonds is 6. The Morgan fingerprint density at radius 3 is 2.08 bits per heavy atom. The number of benzene rings is 1. The molecule has 2 amide bonds. The van der Waals surface area contributed by atoms with Gasteiger partial charge >= 0.3 is 18.5 Å². The number of alkyl halides is 9. The van der Waals surface area contributed by atoms with Crippen LogP contribution >= 0.6 is 0 Å². The van der Waals surface area contributed by atoms with Crippen LogP contribution in [0.1, 0.15) is 40.9 Å². The van der Waals surface area contributed by atoms with Crippen molar-refractivity contribution < 1.29 is 53.9 Å². The molecule has 2 heterocycles. The van der Waals surface area contributed by atoms with Gasteiger partial charge in [0.1, 0.15) is 13.0 Å². The van der Waals surface area contributed by atoms with E-state index in [1.54, 1.807) is 5.32 Å². The van der Waals surface area contributed by atoms with E-state index < -0.39 is 66.7 Å². The fourth-order valence-electron chi connectivity index (χ4n) is 3.92. The first-order valence-corrected chi connectivity index (χ1v) is 10.9. The zero-order chi connectivity index (χ0) is 29.6. The van der Waals surface area contributed by atoms with Crippen LogP contribution < -0.4 is 10.6 Å². The summed E-state index contributed by atoms with van der Waals surface area (Å²) in [5, 5.41) is 10.6. The average Bonchev–Trinajstić information content (AvgIpc) is 3.39. The largest absolute Gasteiger partial charge is 0.437 e. The average molecular weight is 573 g/mol. The van der Waals surface area contributed by atoms with Gasteiger partial charge in [0.05, 0.1) is 17.8 Å². The molecule has 8 nitrogen and oxygen atoms in total. The van der Waals surface area contributed by atoms with Gasteiger partial charge in [0.25, 0.3) is 5.60 Å². The smallest absolute Gasteiger partial charge is 0.372 e. The van der Waals surface area contributed by atoms with Crippen LogP contribution in [0.3, 0.4) is 0 Å². The van der Waals surface area contributed by atoms with E-state index in [0.29, 0.717) is 15.8 Å². The van der Waals surface area contributed by atoms with Crippen molar-refractivity contribution in [3.63, 3.8) is 0 Å². The molecule has 0 saturated heterocycles.